The van der Waals surface area contributed by atoms with E-state index in [9.17, 15) is 5.26 Å². The third kappa shape index (κ3) is 2.33. The van der Waals surface area contributed by atoms with Crippen LogP contribution in [0.5, 0.6) is 0 Å². The molecule has 2 nitrogen and oxygen atoms in total. The topological polar surface area (TPSA) is 49.8 Å². The van der Waals surface area contributed by atoms with Gasteiger partial charge in [0.15, 0.2) is 0 Å². The highest BCUT2D eigenvalue weighted by atomic mass is 79.9. The van der Waals surface area contributed by atoms with Gasteiger partial charge in [0.05, 0.1) is 11.3 Å². The Morgan fingerprint density at radius 1 is 1.33 bits per heavy atom. The van der Waals surface area contributed by atoms with Crippen molar-refractivity contribution in [2.45, 2.75) is 6.92 Å². The molecule has 18 heavy (non-hydrogen) atoms. The molecule has 0 aliphatic rings. The Labute approximate surface area is 118 Å². The zero-order chi connectivity index (χ0) is 13.1. The SMILES string of the molecule is Cc1cccc(/C(N)=C(/C#N)c2cccs2)c1Br. The molecule has 1 aromatic carbocycles. The third-order valence-corrected chi connectivity index (χ3v) is 4.57. The molecule has 1 heterocycles. The summed E-state index contributed by atoms with van der Waals surface area (Å²) < 4.78 is 0.937. The van der Waals surface area contributed by atoms with E-state index in [0.29, 0.717) is 11.3 Å². The highest BCUT2D eigenvalue weighted by Crippen LogP contribution is 2.31. The summed E-state index contributed by atoms with van der Waals surface area (Å²) in [6, 6.07) is 11.9. The lowest BCUT2D eigenvalue weighted by Crippen LogP contribution is -2.01. The molecule has 0 bridgehead atoms. The Bertz CT molecular complexity index is 636. The van der Waals surface area contributed by atoms with Crippen LogP contribution in [0, 0.1) is 18.3 Å². The maximum Gasteiger partial charge on any atom is 0.103 e. The minimum Gasteiger partial charge on any atom is -0.397 e. The molecular formula is C14H11BrN2S. The first-order valence-electron chi connectivity index (χ1n) is 5.34. The molecule has 0 unspecified atom stereocenters. The van der Waals surface area contributed by atoms with E-state index in [1.54, 1.807) is 0 Å². The van der Waals surface area contributed by atoms with Crippen molar-refractivity contribution in [3.05, 3.63) is 56.2 Å². The number of aryl methyl sites for hydroxylation is 1. The van der Waals surface area contributed by atoms with Gasteiger partial charge in [-0.3, -0.25) is 0 Å². The van der Waals surface area contributed by atoms with Gasteiger partial charge in [-0.25, -0.2) is 0 Å². The number of nitrogens with zero attached hydrogens (tertiary/aromatic N) is 1. The standard InChI is InChI=1S/C14H11BrN2S/c1-9-4-2-5-10(13(9)15)14(17)11(8-16)12-6-3-7-18-12/h2-7H,17H2,1H3/b14-11+. The second-order valence-electron chi connectivity index (χ2n) is 3.81. The molecule has 0 saturated carbocycles. The molecule has 0 aliphatic heterocycles. The van der Waals surface area contributed by atoms with Gasteiger partial charge in [0.25, 0.3) is 0 Å². The van der Waals surface area contributed by atoms with Gasteiger partial charge < -0.3 is 5.73 Å². The first-order valence-corrected chi connectivity index (χ1v) is 7.01. The number of hydrogen-bond donors (Lipinski definition) is 1. The number of thiophene rings is 1. The Hall–Kier alpha value is -1.57. The minimum absolute atomic E-state index is 0.510. The predicted octanol–water partition coefficient (Wildman–Crippen LogP) is 4.17. The average Bonchev–Trinajstić information content (AvgIpc) is 2.87. The second kappa shape index (κ2) is 5.38. The molecule has 2 rings (SSSR count). The predicted molar refractivity (Wildman–Crippen MR) is 79.8 cm³/mol. The van der Waals surface area contributed by atoms with Gasteiger partial charge in [0.2, 0.25) is 0 Å². The van der Waals surface area contributed by atoms with Crippen LogP contribution in [0.4, 0.5) is 0 Å². The lowest BCUT2D eigenvalue weighted by molar-refractivity contribution is 1.38. The minimum atomic E-state index is 0.510. The summed E-state index contributed by atoms with van der Waals surface area (Å²) in [7, 11) is 0. The summed E-state index contributed by atoms with van der Waals surface area (Å²) in [6.07, 6.45) is 0. The lowest BCUT2D eigenvalue weighted by atomic mass is 10.0. The first-order chi connectivity index (χ1) is 8.65. The summed E-state index contributed by atoms with van der Waals surface area (Å²) in [6.45, 7) is 2.00. The van der Waals surface area contributed by atoms with Crippen LogP contribution in [0.2, 0.25) is 0 Å². The van der Waals surface area contributed by atoms with E-state index < -0.39 is 0 Å². The van der Waals surface area contributed by atoms with Crippen molar-refractivity contribution in [1.82, 2.24) is 0 Å². The molecule has 0 saturated heterocycles. The van der Waals surface area contributed by atoms with Gasteiger partial charge in [-0.05, 0) is 39.9 Å². The fourth-order valence-corrected chi connectivity index (χ4v) is 2.87. The molecule has 90 valence electrons. The fraction of sp³-hybridized carbons (Fsp3) is 0.0714. The van der Waals surface area contributed by atoms with Gasteiger partial charge >= 0.3 is 0 Å². The van der Waals surface area contributed by atoms with Crippen molar-refractivity contribution in [2.75, 3.05) is 0 Å². The molecule has 0 radical (unpaired) electrons. The summed E-state index contributed by atoms with van der Waals surface area (Å²) >= 11 is 5.03. The summed E-state index contributed by atoms with van der Waals surface area (Å²) in [5.74, 6) is 0. The van der Waals surface area contributed by atoms with E-state index in [4.69, 9.17) is 5.73 Å². The van der Waals surface area contributed by atoms with Gasteiger partial charge in [-0.15, -0.1) is 11.3 Å². The fourth-order valence-electron chi connectivity index (χ4n) is 1.66. The Balaban J connectivity index is 2.62. The Kier molecular flexibility index (Phi) is 3.85. The van der Waals surface area contributed by atoms with Crippen LogP contribution in [0.1, 0.15) is 16.0 Å². The molecule has 0 fully saturated rings. The molecule has 0 amide bonds. The van der Waals surface area contributed by atoms with Crippen molar-refractivity contribution < 1.29 is 0 Å². The first kappa shape index (κ1) is 12.9. The van der Waals surface area contributed by atoms with Crippen LogP contribution in [0.15, 0.2) is 40.2 Å². The van der Waals surface area contributed by atoms with Crippen LogP contribution in [-0.4, -0.2) is 0 Å². The van der Waals surface area contributed by atoms with Gasteiger partial charge in [0, 0.05) is 14.9 Å². The maximum atomic E-state index is 9.29. The Morgan fingerprint density at radius 2 is 2.11 bits per heavy atom. The molecule has 1 aromatic heterocycles. The van der Waals surface area contributed by atoms with Crippen molar-refractivity contribution in [3.8, 4) is 6.07 Å². The van der Waals surface area contributed by atoms with E-state index in [1.165, 1.54) is 11.3 Å². The van der Waals surface area contributed by atoms with Crippen molar-refractivity contribution >= 4 is 38.5 Å². The number of benzene rings is 1. The smallest absolute Gasteiger partial charge is 0.103 e. The van der Waals surface area contributed by atoms with Crippen LogP contribution < -0.4 is 5.73 Å². The van der Waals surface area contributed by atoms with Gasteiger partial charge in [0.1, 0.15) is 6.07 Å². The van der Waals surface area contributed by atoms with E-state index in [0.717, 1.165) is 20.5 Å². The average molecular weight is 319 g/mol. The molecule has 0 atom stereocenters. The van der Waals surface area contributed by atoms with Crippen LogP contribution in [0.25, 0.3) is 11.3 Å². The molecular weight excluding hydrogens is 308 g/mol. The molecule has 0 aliphatic carbocycles. The number of allylic oxidation sites excluding steroid dienone is 1. The zero-order valence-corrected chi connectivity index (χ0v) is 12.2. The number of halogens is 1. The number of nitrogens with two attached hydrogens (primary N) is 1. The number of nitriles is 1. The van der Waals surface area contributed by atoms with E-state index in [2.05, 4.69) is 22.0 Å². The highest BCUT2D eigenvalue weighted by Gasteiger charge is 2.12. The van der Waals surface area contributed by atoms with E-state index in [1.807, 2.05) is 42.6 Å². The van der Waals surface area contributed by atoms with Crippen LogP contribution >= 0.6 is 27.3 Å². The third-order valence-electron chi connectivity index (χ3n) is 2.63. The summed E-state index contributed by atoms with van der Waals surface area (Å²) in [4.78, 5) is 0.892. The highest BCUT2D eigenvalue weighted by molar-refractivity contribution is 9.10. The van der Waals surface area contributed by atoms with Crippen molar-refractivity contribution in [1.29, 1.82) is 5.26 Å². The van der Waals surface area contributed by atoms with E-state index >= 15 is 0 Å². The maximum absolute atomic E-state index is 9.29. The van der Waals surface area contributed by atoms with Crippen LogP contribution in [0.3, 0.4) is 0 Å². The van der Waals surface area contributed by atoms with Gasteiger partial charge in [-0.1, -0.05) is 24.3 Å². The number of hydrogen-bond acceptors (Lipinski definition) is 3. The van der Waals surface area contributed by atoms with Crippen molar-refractivity contribution in [3.63, 3.8) is 0 Å². The normalized spacial score (nSPS) is 11.8. The largest absolute Gasteiger partial charge is 0.397 e. The van der Waals surface area contributed by atoms with E-state index in [-0.39, 0.29) is 0 Å². The summed E-state index contributed by atoms with van der Waals surface area (Å²) in [5.41, 5.74) is 9.14. The molecule has 2 N–H and O–H groups in total. The molecule has 2 aromatic rings. The Morgan fingerprint density at radius 3 is 2.72 bits per heavy atom. The quantitative estimate of drug-likeness (QED) is 0.845. The van der Waals surface area contributed by atoms with Crippen molar-refractivity contribution in [2.24, 2.45) is 5.73 Å². The monoisotopic (exact) mass is 318 g/mol. The van der Waals surface area contributed by atoms with Gasteiger partial charge in [-0.2, -0.15) is 5.26 Å². The van der Waals surface area contributed by atoms with Crippen LogP contribution in [-0.2, 0) is 0 Å². The number of rotatable bonds is 2. The molecule has 4 heteroatoms. The molecule has 0 spiro atoms. The zero-order valence-electron chi connectivity index (χ0n) is 9.77. The lowest BCUT2D eigenvalue weighted by Gasteiger charge is -2.09. The second-order valence-corrected chi connectivity index (χ2v) is 5.55. The summed E-state index contributed by atoms with van der Waals surface area (Å²) in [5, 5.41) is 11.2.